The van der Waals surface area contributed by atoms with Gasteiger partial charge in [-0.1, -0.05) is 43.3 Å². The van der Waals surface area contributed by atoms with Gasteiger partial charge in [-0.2, -0.15) is 0 Å². The largest absolute Gasteiger partial charge is 0.326 e. The quantitative estimate of drug-likeness (QED) is 0.624. The number of benzene rings is 2. The molecule has 0 aliphatic rings. The first-order valence-corrected chi connectivity index (χ1v) is 8.31. The minimum atomic E-state index is -0.114. The number of imidazole rings is 1. The van der Waals surface area contributed by atoms with Crippen LogP contribution in [0.3, 0.4) is 0 Å². The summed E-state index contributed by atoms with van der Waals surface area (Å²) in [5, 5.41) is 0. The number of fused-ring (bicyclic) bond motifs is 1. The first kappa shape index (κ1) is 15.3. The molecule has 2 heterocycles. The van der Waals surface area contributed by atoms with Crippen molar-refractivity contribution in [3.8, 4) is 0 Å². The van der Waals surface area contributed by atoms with E-state index in [-0.39, 0.29) is 11.6 Å². The predicted octanol–water partition coefficient (Wildman–Crippen LogP) is 3.32. The van der Waals surface area contributed by atoms with Crippen molar-refractivity contribution in [1.82, 2.24) is 19.5 Å². The van der Waals surface area contributed by atoms with E-state index in [1.54, 1.807) is 6.20 Å². The van der Waals surface area contributed by atoms with Gasteiger partial charge in [0.15, 0.2) is 0 Å². The predicted molar refractivity (Wildman–Crippen MR) is 97.7 cm³/mol. The van der Waals surface area contributed by atoms with Gasteiger partial charge in [0.2, 0.25) is 0 Å². The van der Waals surface area contributed by atoms with Crippen LogP contribution in [0.1, 0.15) is 29.8 Å². The van der Waals surface area contributed by atoms with E-state index in [0.717, 1.165) is 16.6 Å². The van der Waals surface area contributed by atoms with Gasteiger partial charge >= 0.3 is 0 Å². The Labute approximate surface area is 145 Å². The van der Waals surface area contributed by atoms with Crippen LogP contribution in [0.5, 0.6) is 0 Å². The summed E-state index contributed by atoms with van der Waals surface area (Å²) >= 11 is 0. The van der Waals surface area contributed by atoms with Crippen LogP contribution < -0.4 is 5.56 Å². The van der Waals surface area contributed by atoms with Gasteiger partial charge in [-0.05, 0) is 29.7 Å². The molecule has 1 atom stereocenters. The summed E-state index contributed by atoms with van der Waals surface area (Å²) in [5.41, 5.74) is 4.26. The van der Waals surface area contributed by atoms with Crippen LogP contribution in [0.2, 0.25) is 0 Å². The van der Waals surface area contributed by atoms with Crippen molar-refractivity contribution in [2.75, 3.05) is 0 Å². The first-order valence-electron chi connectivity index (χ1n) is 8.31. The van der Waals surface area contributed by atoms with Gasteiger partial charge in [0, 0.05) is 12.4 Å². The molecule has 1 unspecified atom stereocenters. The lowest BCUT2D eigenvalue weighted by molar-refractivity contribution is 0.677. The summed E-state index contributed by atoms with van der Waals surface area (Å²) in [5.74, 6) is 0. The van der Waals surface area contributed by atoms with Crippen LogP contribution >= 0.6 is 0 Å². The van der Waals surface area contributed by atoms with E-state index >= 15 is 0 Å². The average Bonchev–Trinajstić information content (AvgIpc) is 3.16. The minimum Gasteiger partial charge on any atom is -0.326 e. The molecule has 0 saturated carbocycles. The maximum atomic E-state index is 12.0. The molecule has 124 valence electrons. The van der Waals surface area contributed by atoms with E-state index in [0.29, 0.717) is 12.1 Å². The van der Waals surface area contributed by atoms with Crippen LogP contribution in [0.4, 0.5) is 0 Å². The second kappa shape index (κ2) is 6.36. The number of hydrogen-bond acceptors (Lipinski definition) is 3. The number of hydrogen-bond donors (Lipinski definition) is 1. The molecule has 0 bridgehead atoms. The highest BCUT2D eigenvalue weighted by atomic mass is 16.1. The number of aromatic nitrogens is 4. The maximum absolute atomic E-state index is 12.0. The SMILES string of the molecule is CCc1nc2cc(C(c3ccccc3)n3ccnc3)ccc2[nH]c1=O. The summed E-state index contributed by atoms with van der Waals surface area (Å²) in [4.78, 5) is 23.6. The molecule has 4 aromatic rings. The van der Waals surface area contributed by atoms with E-state index in [2.05, 4.69) is 31.7 Å². The fourth-order valence-electron chi connectivity index (χ4n) is 3.14. The van der Waals surface area contributed by atoms with E-state index in [1.807, 2.05) is 55.8 Å². The van der Waals surface area contributed by atoms with Gasteiger partial charge in [-0.25, -0.2) is 9.97 Å². The fourth-order valence-corrected chi connectivity index (χ4v) is 3.14. The van der Waals surface area contributed by atoms with Crippen LogP contribution in [-0.2, 0) is 6.42 Å². The second-order valence-corrected chi connectivity index (χ2v) is 5.97. The molecular weight excluding hydrogens is 312 g/mol. The molecule has 2 aromatic carbocycles. The van der Waals surface area contributed by atoms with E-state index < -0.39 is 0 Å². The summed E-state index contributed by atoms with van der Waals surface area (Å²) in [7, 11) is 0. The Bertz CT molecular complexity index is 1050. The topological polar surface area (TPSA) is 63.6 Å². The fraction of sp³-hybridized carbons (Fsp3) is 0.150. The Kier molecular flexibility index (Phi) is 3.90. The molecule has 0 spiro atoms. The molecule has 0 aliphatic carbocycles. The lowest BCUT2D eigenvalue weighted by Crippen LogP contribution is -2.15. The zero-order chi connectivity index (χ0) is 17.2. The molecule has 0 amide bonds. The van der Waals surface area contributed by atoms with E-state index in [9.17, 15) is 4.79 Å². The van der Waals surface area contributed by atoms with Crippen molar-refractivity contribution in [3.63, 3.8) is 0 Å². The molecule has 1 N–H and O–H groups in total. The molecule has 2 aromatic heterocycles. The van der Waals surface area contributed by atoms with Crippen molar-refractivity contribution < 1.29 is 0 Å². The third-order valence-corrected chi connectivity index (χ3v) is 4.38. The Morgan fingerprint density at radius 1 is 1.12 bits per heavy atom. The second-order valence-electron chi connectivity index (χ2n) is 5.97. The molecular formula is C20H18N4O. The molecule has 0 radical (unpaired) electrons. The minimum absolute atomic E-state index is 0.00639. The van der Waals surface area contributed by atoms with Crippen LogP contribution in [0.25, 0.3) is 11.0 Å². The van der Waals surface area contributed by atoms with Gasteiger partial charge in [0.1, 0.15) is 5.69 Å². The number of nitrogens with one attached hydrogen (secondary N) is 1. The van der Waals surface area contributed by atoms with Crippen molar-refractivity contribution >= 4 is 11.0 Å². The monoisotopic (exact) mass is 330 g/mol. The normalized spacial score (nSPS) is 12.4. The number of rotatable bonds is 4. The molecule has 0 saturated heterocycles. The van der Waals surface area contributed by atoms with E-state index in [1.165, 1.54) is 5.56 Å². The van der Waals surface area contributed by atoms with Gasteiger partial charge in [-0.3, -0.25) is 4.79 Å². The molecule has 0 aliphatic heterocycles. The average molecular weight is 330 g/mol. The summed E-state index contributed by atoms with van der Waals surface area (Å²) in [6, 6.07) is 16.3. The van der Waals surface area contributed by atoms with E-state index in [4.69, 9.17) is 0 Å². The van der Waals surface area contributed by atoms with Gasteiger partial charge < -0.3 is 9.55 Å². The zero-order valence-electron chi connectivity index (χ0n) is 13.9. The lowest BCUT2D eigenvalue weighted by Gasteiger charge is -2.20. The van der Waals surface area contributed by atoms with Gasteiger partial charge in [-0.15, -0.1) is 0 Å². The van der Waals surface area contributed by atoms with Gasteiger partial charge in [0.05, 0.1) is 23.4 Å². The third kappa shape index (κ3) is 2.85. The Balaban J connectivity index is 1.90. The van der Waals surface area contributed by atoms with Crippen LogP contribution in [0, 0.1) is 0 Å². The highest BCUT2D eigenvalue weighted by Crippen LogP contribution is 2.28. The van der Waals surface area contributed by atoms with Crippen molar-refractivity contribution in [1.29, 1.82) is 0 Å². The molecule has 0 fully saturated rings. The third-order valence-electron chi connectivity index (χ3n) is 4.38. The van der Waals surface area contributed by atoms with Crippen molar-refractivity contribution in [2.45, 2.75) is 19.4 Å². The Morgan fingerprint density at radius 2 is 1.96 bits per heavy atom. The summed E-state index contributed by atoms with van der Waals surface area (Å²) < 4.78 is 2.07. The van der Waals surface area contributed by atoms with Gasteiger partial charge in [0.25, 0.3) is 5.56 Å². The number of aromatic amines is 1. The van der Waals surface area contributed by atoms with Crippen molar-refractivity contribution in [3.05, 3.63) is 94.4 Å². The molecule has 5 heteroatoms. The lowest BCUT2D eigenvalue weighted by atomic mass is 9.98. The van der Waals surface area contributed by atoms with Crippen LogP contribution in [-0.4, -0.2) is 19.5 Å². The number of nitrogens with zero attached hydrogens (tertiary/aromatic N) is 3. The summed E-state index contributed by atoms with van der Waals surface area (Å²) in [6.07, 6.45) is 6.17. The van der Waals surface area contributed by atoms with Crippen molar-refractivity contribution in [2.24, 2.45) is 0 Å². The molecule has 25 heavy (non-hydrogen) atoms. The highest BCUT2D eigenvalue weighted by molar-refractivity contribution is 5.75. The van der Waals surface area contributed by atoms with Crippen LogP contribution in [0.15, 0.2) is 72.0 Å². The zero-order valence-corrected chi connectivity index (χ0v) is 13.9. The standard InChI is InChI=1S/C20H18N4O/c1-2-16-20(25)23-17-9-8-15(12-18(17)22-16)19(24-11-10-21-13-24)14-6-4-3-5-7-14/h3-13,19H,2H2,1H3,(H,23,25). The first-order chi connectivity index (χ1) is 12.3. The molecule has 4 rings (SSSR count). The Morgan fingerprint density at radius 3 is 2.68 bits per heavy atom. The number of H-pyrrole nitrogens is 1. The maximum Gasteiger partial charge on any atom is 0.270 e. The molecule has 5 nitrogen and oxygen atoms in total. The highest BCUT2D eigenvalue weighted by Gasteiger charge is 2.16. The smallest absolute Gasteiger partial charge is 0.270 e. The number of aryl methyl sites for hydroxylation is 1. The Hall–Kier alpha value is -3.21. The summed E-state index contributed by atoms with van der Waals surface area (Å²) in [6.45, 7) is 1.94.